The van der Waals surface area contributed by atoms with Gasteiger partial charge < -0.3 is 4.52 Å². The van der Waals surface area contributed by atoms with E-state index in [1.165, 1.54) is 18.4 Å². The van der Waals surface area contributed by atoms with Gasteiger partial charge in [-0.2, -0.15) is 4.98 Å². The van der Waals surface area contributed by atoms with E-state index in [2.05, 4.69) is 15.1 Å². The maximum atomic E-state index is 11.5. The Morgan fingerprint density at radius 3 is 2.39 bits per heavy atom. The molecule has 8 heteroatoms. The fraction of sp³-hybridized carbons (Fsp3) is 0.267. The molecule has 0 saturated carbocycles. The highest BCUT2D eigenvalue weighted by molar-refractivity contribution is 7.90. The van der Waals surface area contributed by atoms with Crippen molar-refractivity contribution in [3.63, 3.8) is 0 Å². The zero-order chi connectivity index (χ0) is 16.6. The molecule has 0 bridgehead atoms. The Morgan fingerprint density at radius 2 is 1.83 bits per heavy atom. The predicted molar refractivity (Wildman–Crippen MR) is 87.2 cm³/mol. The highest BCUT2D eigenvalue weighted by Crippen LogP contribution is 2.22. The van der Waals surface area contributed by atoms with Gasteiger partial charge in [0.25, 0.3) is 0 Å². The van der Waals surface area contributed by atoms with E-state index in [-0.39, 0.29) is 4.90 Å². The summed E-state index contributed by atoms with van der Waals surface area (Å²) < 4.78 is 28.2. The molecule has 0 fully saturated rings. The van der Waals surface area contributed by atoms with Crippen molar-refractivity contribution in [2.45, 2.75) is 25.2 Å². The molecule has 0 amide bonds. The zero-order valence-electron chi connectivity index (χ0n) is 12.9. The molecule has 3 rings (SSSR count). The fourth-order valence-corrected chi connectivity index (χ4v) is 3.64. The highest BCUT2D eigenvalue weighted by atomic mass is 32.2. The summed E-state index contributed by atoms with van der Waals surface area (Å²) in [5.74, 6) is 0.922. The summed E-state index contributed by atoms with van der Waals surface area (Å²) in [5, 5.41) is 4.96. The van der Waals surface area contributed by atoms with Crippen LogP contribution < -0.4 is 0 Å². The van der Waals surface area contributed by atoms with Gasteiger partial charge >= 0.3 is 0 Å². The second-order valence-corrected chi connectivity index (χ2v) is 8.64. The van der Waals surface area contributed by atoms with Gasteiger partial charge in [0.2, 0.25) is 11.7 Å². The largest absolute Gasteiger partial charge is 0.339 e. The topological polar surface area (TPSA) is 86.0 Å². The summed E-state index contributed by atoms with van der Waals surface area (Å²) in [6.07, 6.45) is 1.66. The number of hydrogen-bond acceptors (Lipinski definition) is 7. The lowest BCUT2D eigenvalue weighted by Gasteiger charge is -1.98. The second-order valence-electron chi connectivity index (χ2n) is 5.22. The first kappa shape index (κ1) is 15.8. The smallest absolute Gasteiger partial charge is 0.233 e. The molecule has 0 spiro atoms. The minimum absolute atomic E-state index is 0.263. The van der Waals surface area contributed by atoms with Gasteiger partial charge in [0, 0.05) is 16.7 Å². The summed E-state index contributed by atoms with van der Waals surface area (Å²) >= 11 is 1.64. The van der Waals surface area contributed by atoms with Crippen LogP contribution in [0.3, 0.4) is 0 Å². The Bertz CT molecular complexity index is 941. The number of rotatable bonds is 4. The van der Waals surface area contributed by atoms with E-state index in [0.29, 0.717) is 23.7 Å². The van der Waals surface area contributed by atoms with Gasteiger partial charge in [0.1, 0.15) is 0 Å². The Hall–Kier alpha value is -2.06. The first-order valence-corrected chi connectivity index (χ1v) is 9.60. The molecule has 120 valence electrons. The molecule has 0 aliphatic carbocycles. The van der Waals surface area contributed by atoms with Crippen molar-refractivity contribution in [2.24, 2.45) is 0 Å². The Kier molecular flexibility index (Phi) is 4.03. The lowest BCUT2D eigenvalue weighted by Crippen LogP contribution is -1.96. The number of nitrogens with zero attached hydrogens (tertiary/aromatic N) is 3. The molecule has 0 saturated heterocycles. The monoisotopic (exact) mass is 349 g/mol. The number of hydrogen-bond donors (Lipinski definition) is 0. The molecule has 0 radical (unpaired) electrons. The third kappa shape index (κ3) is 3.48. The van der Waals surface area contributed by atoms with Crippen LogP contribution in [0.5, 0.6) is 0 Å². The van der Waals surface area contributed by atoms with Crippen molar-refractivity contribution in [3.8, 4) is 11.4 Å². The number of aromatic nitrogens is 3. The molecule has 0 aliphatic heterocycles. The third-order valence-corrected chi connectivity index (χ3v) is 5.38. The van der Waals surface area contributed by atoms with E-state index in [9.17, 15) is 8.42 Å². The van der Waals surface area contributed by atoms with Gasteiger partial charge in [0.15, 0.2) is 9.84 Å². The molecule has 23 heavy (non-hydrogen) atoms. The fourth-order valence-electron chi connectivity index (χ4n) is 2.17. The van der Waals surface area contributed by atoms with E-state index in [1.54, 1.807) is 23.5 Å². The van der Waals surface area contributed by atoms with Crippen LogP contribution in [0.1, 0.15) is 21.5 Å². The maximum Gasteiger partial charge on any atom is 0.233 e. The molecule has 3 aromatic rings. The van der Waals surface area contributed by atoms with Gasteiger partial charge in [0.05, 0.1) is 22.0 Å². The predicted octanol–water partition coefficient (Wildman–Crippen LogP) is 2.80. The number of thiazole rings is 1. The van der Waals surface area contributed by atoms with Crippen LogP contribution in [0.15, 0.2) is 33.7 Å². The minimum Gasteiger partial charge on any atom is -0.339 e. The van der Waals surface area contributed by atoms with Gasteiger partial charge in [-0.25, -0.2) is 13.4 Å². The van der Waals surface area contributed by atoms with Crippen LogP contribution in [0.25, 0.3) is 11.4 Å². The Labute approximate surface area is 138 Å². The van der Waals surface area contributed by atoms with E-state index in [0.717, 1.165) is 15.6 Å². The van der Waals surface area contributed by atoms with Crippen LogP contribution in [0, 0.1) is 13.8 Å². The maximum absolute atomic E-state index is 11.5. The van der Waals surface area contributed by atoms with Crippen molar-refractivity contribution in [1.82, 2.24) is 15.1 Å². The van der Waals surface area contributed by atoms with Gasteiger partial charge in [-0.15, -0.1) is 11.3 Å². The molecule has 2 heterocycles. The van der Waals surface area contributed by atoms with E-state index in [4.69, 9.17) is 4.52 Å². The standard InChI is InChI=1S/C15H15N3O3S2/c1-9-13(16-10(2)22-9)8-14-17-15(18-21-14)11-4-6-12(7-5-11)23(3,19)20/h4-7H,8H2,1-3H3. The first-order chi connectivity index (χ1) is 10.8. The van der Waals surface area contributed by atoms with Crippen molar-refractivity contribution >= 4 is 21.2 Å². The number of aryl methyl sites for hydroxylation is 2. The first-order valence-electron chi connectivity index (χ1n) is 6.89. The van der Waals surface area contributed by atoms with Crippen LogP contribution >= 0.6 is 11.3 Å². The van der Waals surface area contributed by atoms with Crippen LogP contribution in [-0.2, 0) is 16.3 Å². The van der Waals surface area contributed by atoms with Crippen molar-refractivity contribution < 1.29 is 12.9 Å². The SMILES string of the molecule is Cc1nc(Cc2nc(-c3ccc(S(C)(=O)=O)cc3)no2)c(C)s1. The number of sulfone groups is 1. The van der Waals surface area contributed by atoms with Gasteiger partial charge in [-0.05, 0) is 38.1 Å². The van der Waals surface area contributed by atoms with Crippen molar-refractivity contribution in [3.05, 3.63) is 45.7 Å². The molecule has 0 N–H and O–H groups in total. The van der Waals surface area contributed by atoms with Gasteiger partial charge in [-0.3, -0.25) is 0 Å². The van der Waals surface area contributed by atoms with Crippen molar-refractivity contribution in [2.75, 3.05) is 6.26 Å². The lowest BCUT2D eigenvalue weighted by molar-refractivity contribution is 0.385. The third-order valence-electron chi connectivity index (χ3n) is 3.33. The zero-order valence-corrected chi connectivity index (χ0v) is 14.5. The van der Waals surface area contributed by atoms with Crippen molar-refractivity contribution in [1.29, 1.82) is 0 Å². The van der Waals surface area contributed by atoms with Crippen LogP contribution in [-0.4, -0.2) is 29.8 Å². The minimum atomic E-state index is -3.21. The average Bonchev–Trinajstić information content (AvgIpc) is 3.06. The van der Waals surface area contributed by atoms with Gasteiger partial charge in [-0.1, -0.05) is 5.16 Å². The Balaban J connectivity index is 1.83. The number of benzene rings is 1. The highest BCUT2D eigenvalue weighted by Gasteiger charge is 2.14. The normalized spacial score (nSPS) is 11.8. The molecular formula is C15H15N3O3S2. The molecule has 0 aliphatic rings. The average molecular weight is 349 g/mol. The molecule has 2 aromatic heterocycles. The summed E-state index contributed by atoms with van der Waals surface area (Å²) in [6, 6.07) is 6.41. The van der Waals surface area contributed by atoms with Crippen LogP contribution in [0.4, 0.5) is 0 Å². The summed E-state index contributed by atoms with van der Waals surface area (Å²) in [4.78, 5) is 10.2. The Morgan fingerprint density at radius 1 is 1.13 bits per heavy atom. The molecule has 1 aromatic carbocycles. The van der Waals surface area contributed by atoms with Crippen LogP contribution in [0.2, 0.25) is 0 Å². The van der Waals surface area contributed by atoms with E-state index in [1.807, 2.05) is 13.8 Å². The quantitative estimate of drug-likeness (QED) is 0.720. The van der Waals surface area contributed by atoms with E-state index >= 15 is 0 Å². The second kappa shape index (κ2) is 5.86. The summed E-state index contributed by atoms with van der Waals surface area (Å²) in [6.45, 7) is 3.98. The lowest BCUT2D eigenvalue weighted by atomic mass is 10.2. The molecule has 0 atom stereocenters. The summed E-state index contributed by atoms with van der Waals surface area (Å²) in [5.41, 5.74) is 1.65. The molecular weight excluding hydrogens is 334 g/mol. The summed E-state index contributed by atoms with van der Waals surface area (Å²) in [7, 11) is -3.21. The molecule has 6 nitrogen and oxygen atoms in total. The van der Waals surface area contributed by atoms with E-state index < -0.39 is 9.84 Å². The molecule has 0 unspecified atom stereocenters.